The highest BCUT2D eigenvalue weighted by atomic mass is 16.5. The molecule has 6 rings (SSSR count). The number of ether oxygens (including phenoxy) is 1. The molecular weight excluding hydrogens is 360 g/mol. The molecule has 0 saturated heterocycles. The largest absolute Gasteiger partial charge is 0.478 e. The van der Waals surface area contributed by atoms with E-state index in [2.05, 4.69) is 31.7 Å². The van der Waals surface area contributed by atoms with Crippen molar-refractivity contribution >= 4 is 22.7 Å². The van der Waals surface area contributed by atoms with Gasteiger partial charge in [-0.3, -0.25) is 0 Å². The first-order valence-corrected chi connectivity index (χ1v) is 9.30. The smallest absolute Gasteiger partial charge is 0.178 e. The molecule has 3 aromatic heterocycles. The average molecular weight is 380 g/mol. The third kappa shape index (κ3) is 4.84. The first-order chi connectivity index (χ1) is 14.4. The maximum Gasteiger partial charge on any atom is 0.178 e. The molecule has 0 radical (unpaired) electrons. The molecule has 0 amide bonds. The summed E-state index contributed by atoms with van der Waals surface area (Å²) in [6, 6.07) is 28.0. The maximum atomic E-state index is 5.00. The Kier molecular flexibility index (Phi) is 5.88. The highest BCUT2D eigenvalue weighted by Gasteiger charge is 1.90. The monoisotopic (exact) mass is 380 g/mol. The molecule has 0 unspecified atom stereocenters. The van der Waals surface area contributed by atoms with Crippen molar-refractivity contribution in [2.45, 2.75) is 0 Å². The summed E-state index contributed by atoms with van der Waals surface area (Å²) in [7, 11) is 0. The van der Waals surface area contributed by atoms with Gasteiger partial charge in [-0.25, -0.2) is 4.99 Å². The predicted octanol–water partition coefficient (Wildman–Crippen LogP) is 3.60. The van der Waals surface area contributed by atoms with Crippen molar-refractivity contribution in [1.29, 1.82) is 0 Å². The van der Waals surface area contributed by atoms with Crippen LogP contribution in [-0.4, -0.2) is 21.3 Å². The van der Waals surface area contributed by atoms with Gasteiger partial charge in [-0.15, -0.1) is 0 Å². The number of benzene rings is 2. The van der Waals surface area contributed by atoms with E-state index in [9.17, 15) is 0 Å². The summed E-state index contributed by atoms with van der Waals surface area (Å²) in [5.41, 5.74) is 2.20. The van der Waals surface area contributed by atoms with E-state index < -0.39 is 0 Å². The summed E-state index contributed by atoms with van der Waals surface area (Å²) in [5.74, 6) is 0. The third-order valence-corrected chi connectivity index (χ3v) is 4.32. The zero-order chi connectivity index (χ0) is 19.7. The lowest BCUT2D eigenvalue weighted by atomic mass is 10.2. The zero-order valence-electron chi connectivity index (χ0n) is 15.8. The van der Waals surface area contributed by atoms with E-state index in [-0.39, 0.29) is 0 Å². The van der Waals surface area contributed by atoms with Crippen LogP contribution in [0.5, 0.6) is 0 Å². The van der Waals surface area contributed by atoms with Crippen molar-refractivity contribution in [1.82, 2.24) is 14.6 Å². The Labute approximate surface area is 168 Å². The number of para-hydroxylation sites is 1. The molecule has 4 heterocycles. The Balaban J connectivity index is 0.000000106. The van der Waals surface area contributed by atoms with E-state index in [1.807, 2.05) is 85.2 Å². The molecule has 5 aromatic rings. The minimum atomic E-state index is 0.455. The second kappa shape index (κ2) is 9.28. The molecule has 2 aromatic carbocycles. The lowest BCUT2D eigenvalue weighted by Gasteiger charge is -1.99. The van der Waals surface area contributed by atoms with E-state index in [1.165, 1.54) is 5.52 Å². The second-order valence-electron chi connectivity index (χ2n) is 6.26. The van der Waals surface area contributed by atoms with E-state index in [1.54, 1.807) is 12.5 Å². The van der Waals surface area contributed by atoms with Gasteiger partial charge in [0, 0.05) is 28.5 Å². The number of rotatable bonds is 0. The number of nitrogens with zero attached hydrogens (tertiary/aromatic N) is 4. The van der Waals surface area contributed by atoms with Crippen molar-refractivity contribution in [3.8, 4) is 0 Å². The Bertz CT molecular complexity index is 1200. The highest BCUT2D eigenvalue weighted by Crippen LogP contribution is 2.06. The van der Waals surface area contributed by atoms with Crippen LogP contribution in [0, 0.1) is 0 Å². The third-order valence-electron chi connectivity index (χ3n) is 4.32. The van der Waals surface area contributed by atoms with Gasteiger partial charge in [0.25, 0.3) is 0 Å². The van der Waals surface area contributed by atoms with Crippen LogP contribution in [0.4, 0.5) is 0 Å². The summed E-state index contributed by atoms with van der Waals surface area (Å²) >= 11 is 0. The molecule has 142 valence electrons. The summed E-state index contributed by atoms with van der Waals surface area (Å²) < 4.78 is 7.09. The Morgan fingerprint density at radius 3 is 2.45 bits per heavy atom. The van der Waals surface area contributed by atoms with E-state index in [0.717, 1.165) is 21.5 Å². The number of fused-ring (bicyclic) bond motifs is 3. The van der Waals surface area contributed by atoms with Crippen LogP contribution in [0.15, 0.2) is 109 Å². The molecule has 0 aliphatic carbocycles. The highest BCUT2D eigenvalue weighted by molar-refractivity contribution is 5.77. The van der Waals surface area contributed by atoms with Crippen molar-refractivity contribution in [3.63, 3.8) is 0 Å². The summed E-state index contributed by atoms with van der Waals surface area (Å²) in [5, 5.41) is 10.9. The molecule has 1 aliphatic rings. The summed E-state index contributed by atoms with van der Waals surface area (Å²) in [6.07, 6.45) is 7.51. The minimum absolute atomic E-state index is 0.455. The van der Waals surface area contributed by atoms with Crippen molar-refractivity contribution in [2.24, 2.45) is 4.99 Å². The average Bonchev–Trinajstić information content (AvgIpc) is 3.29. The number of pyridine rings is 1. The van der Waals surface area contributed by atoms with Gasteiger partial charge in [0.05, 0.1) is 23.3 Å². The van der Waals surface area contributed by atoms with Gasteiger partial charge in [-0.1, -0.05) is 36.4 Å². The number of hydrogen-bond acceptors (Lipinski definition) is 4. The molecule has 0 spiro atoms. The van der Waals surface area contributed by atoms with Gasteiger partial charge in [-0.05, 0) is 48.5 Å². The predicted molar refractivity (Wildman–Crippen MR) is 115 cm³/mol. The van der Waals surface area contributed by atoms with Crippen LogP contribution >= 0.6 is 0 Å². The van der Waals surface area contributed by atoms with Crippen LogP contribution < -0.4 is 10.6 Å². The standard InChI is InChI=1S/C8H6N2.C8H7NO.C8H7N/c1-2-4-8-7(3-1)5-6-9-10-8;1-2-4-8-7(3-1)5-10-6-9-8;1-2-6-9-7-3-5-8(9)4-1/h1-6H;1-5H,6H2;1-7H. The molecule has 0 atom stereocenters. The van der Waals surface area contributed by atoms with Crippen molar-refractivity contribution < 1.29 is 4.74 Å². The summed E-state index contributed by atoms with van der Waals surface area (Å²) in [6.45, 7) is 0.455. The van der Waals surface area contributed by atoms with E-state index >= 15 is 0 Å². The number of aromatic nitrogens is 3. The van der Waals surface area contributed by atoms with Crippen LogP contribution in [0.3, 0.4) is 0 Å². The lowest BCUT2D eigenvalue weighted by Crippen LogP contribution is -2.27. The van der Waals surface area contributed by atoms with Crippen molar-refractivity contribution in [3.05, 3.63) is 114 Å². The molecule has 0 N–H and O–H groups in total. The van der Waals surface area contributed by atoms with E-state index in [4.69, 9.17) is 4.74 Å². The van der Waals surface area contributed by atoms with Gasteiger partial charge in [0.15, 0.2) is 6.73 Å². The molecule has 5 nitrogen and oxygen atoms in total. The van der Waals surface area contributed by atoms with Gasteiger partial charge in [0.1, 0.15) is 0 Å². The first-order valence-electron chi connectivity index (χ1n) is 9.30. The molecular formula is C24H20N4O. The molecule has 5 heteroatoms. The van der Waals surface area contributed by atoms with Crippen LogP contribution in [-0.2, 0) is 4.74 Å². The molecule has 0 saturated carbocycles. The minimum Gasteiger partial charge on any atom is -0.478 e. The maximum absolute atomic E-state index is 5.00. The van der Waals surface area contributed by atoms with Crippen LogP contribution in [0.1, 0.15) is 0 Å². The summed E-state index contributed by atoms with van der Waals surface area (Å²) in [4.78, 5) is 4.14. The second-order valence-corrected chi connectivity index (χ2v) is 6.26. The van der Waals surface area contributed by atoms with Gasteiger partial charge in [0.2, 0.25) is 0 Å². The Hall–Kier alpha value is -3.99. The van der Waals surface area contributed by atoms with E-state index in [0.29, 0.717) is 6.73 Å². The SMILES string of the molecule is C1=c2ccccc2=NCO1.c1ccc2nnccc2c1.c1ccn2cccc2c1. The normalized spacial score (nSPS) is 11.4. The zero-order valence-corrected chi connectivity index (χ0v) is 15.8. The number of hydrogen-bond donors (Lipinski definition) is 0. The molecule has 1 aliphatic heterocycles. The van der Waals surface area contributed by atoms with Crippen LogP contribution in [0.25, 0.3) is 22.7 Å². The Morgan fingerprint density at radius 1 is 0.759 bits per heavy atom. The van der Waals surface area contributed by atoms with Gasteiger partial charge in [-0.2, -0.15) is 10.2 Å². The lowest BCUT2D eigenvalue weighted by molar-refractivity contribution is 0.296. The first kappa shape index (κ1) is 18.4. The van der Waals surface area contributed by atoms with Crippen LogP contribution in [0.2, 0.25) is 0 Å². The Morgan fingerprint density at radius 2 is 1.55 bits per heavy atom. The van der Waals surface area contributed by atoms with Gasteiger partial charge >= 0.3 is 0 Å². The van der Waals surface area contributed by atoms with Gasteiger partial charge < -0.3 is 9.14 Å². The molecule has 29 heavy (non-hydrogen) atoms. The topological polar surface area (TPSA) is 51.8 Å². The van der Waals surface area contributed by atoms with Crippen molar-refractivity contribution in [2.75, 3.05) is 6.73 Å². The fraction of sp³-hybridized carbons (Fsp3) is 0.0417. The fourth-order valence-corrected chi connectivity index (χ4v) is 2.87. The quantitative estimate of drug-likeness (QED) is 0.412. The molecule has 0 bridgehead atoms. The fourth-order valence-electron chi connectivity index (χ4n) is 2.87. The molecule has 0 fully saturated rings.